The first kappa shape index (κ1) is 17.3. The lowest BCUT2D eigenvalue weighted by atomic mass is 10.1. The first-order valence-electron chi connectivity index (χ1n) is 8.55. The zero-order valence-corrected chi connectivity index (χ0v) is 15.7. The van der Waals surface area contributed by atoms with Crippen LogP contribution in [-0.4, -0.2) is 10.9 Å². The van der Waals surface area contributed by atoms with Crippen molar-refractivity contribution in [2.24, 2.45) is 0 Å². The summed E-state index contributed by atoms with van der Waals surface area (Å²) in [4.78, 5) is 17.1. The van der Waals surface area contributed by atoms with E-state index >= 15 is 0 Å². The number of benzene rings is 3. The second-order valence-corrected chi connectivity index (χ2v) is 6.92. The van der Waals surface area contributed by atoms with Crippen LogP contribution < -0.4 is 5.32 Å². The van der Waals surface area contributed by atoms with Crippen molar-refractivity contribution in [3.05, 3.63) is 82.4 Å². The molecule has 0 aliphatic rings. The maximum Gasteiger partial charge on any atom is 0.255 e. The summed E-state index contributed by atoms with van der Waals surface area (Å²) in [6, 6.07) is 18.5. The van der Waals surface area contributed by atoms with Gasteiger partial charge >= 0.3 is 0 Å². The molecule has 0 spiro atoms. The number of nitrogens with one attached hydrogen (secondary N) is 1. The van der Waals surface area contributed by atoms with Gasteiger partial charge in [0.15, 0.2) is 5.58 Å². The molecule has 0 aliphatic carbocycles. The number of fused-ring (bicyclic) bond motifs is 1. The lowest BCUT2D eigenvalue weighted by Crippen LogP contribution is -2.13. The Balaban J connectivity index is 1.62. The molecule has 3 aromatic carbocycles. The number of anilines is 1. The number of halogens is 1. The minimum absolute atomic E-state index is 0.148. The molecular weight excluding hydrogens is 360 g/mol. The number of oxazole rings is 1. The van der Waals surface area contributed by atoms with E-state index in [9.17, 15) is 4.79 Å². The number of nitrogens with zero attached hydrogens (tertiary/aromatic N) is 1. The Morgan fingerprint density at radius 3 is 2.67 bits per heavy atom. The number of carbonyl (C=O) groups is 1. The van der Waals surface area contributed by atoms with Gasteiger partial charge in [-0.3, -0.25) is 4.79 Å². The van der Waals surface area contributed by atoms with Crippen LogP contribution in [0.1, 0.15) is 21.5 Å². The minimum Gasteiger partial charge on any atom is -0.436 e. The smallest absolute Gasteiger partial charge is 0.255 e. The van der Waals surface area contributed by atoms with Gasteiger partial charge < -0.3 is 9.73 Å². The molecule has 0 saturated heterocycles. The zero-order chi connectivity index (χ0) is 19.0. The van der Waals surface area contributed by atoms with Crippen molar-refractivity contribution in [3.63, 3.8) is 0 Å². The number of aryl methyl sites for hydroxylation is 2. The van der Waals surface area contributed by atoms with Gasteiger partial charge in [-0.15, -0.1) is 0 Å². The first-order valence-corrected chi connectivity index (χ1v) is 8.92. The van der Waals surface area contributed by atoms with Gasteiger partial charge in [0.05, 0.1) is 0 Å². The van der Waals surface area contributed by atoms with Crippen LogP contribution in [-0.2, 0) is 0 Å². The monoisotopic (exact) mass is 376 g/mol. The molecule has 4 aromatic rings. The predicted octanol–water partition coefficient (Wildman–Crippen LogP) is 6.02. The lowest BCUT2D eigenvalue weighted by Gasteiger charge is -2.08. The summed E-state index contributed by atoms with van der Waals surface area (Å²) in [6.07, 6.45) is 0. The van der Waals surface area contributed by atoms with Crippen molar-refractivity contribution in [1.29, 1.82) is 0 Å². The predicted molar refractivity (Wildman–Crippen MR) is 108 cm³/mol. The van der Waals surface area contributed by atoms with Crippen molar-refractivity contribution in [2.75, 3.05) is 5.32 Å². The van der Waals surface area contributed by atoms with Crippen molar-refractivity contribution in [3.8, 4) is 11.5 Å². The van der Waals surface area contributed by atoms with E-state index in [0.717, 1.165) is 16.7 Å². The molecule has 0 aliphatic heterocycles. The molecule has 0 unspecified atom stereocenters. The molecule has 4 rings (SSSR count). The average molecular weight is 377 g/mol. The minimum atomic E-state index is -0.148. The maximum atomic E-state index is 12.6. The van der Waals surface area contributed by atoms with Crippen LogP contribution in [0.4, 0.5) is 5.69 Å². The average Bonchev–Trinajstić information content (AvgIpc) is 3.05. The fourth-order valence-corrected chi connectivity index (χ4v) is 3.21. The molecule has 1 aromatic heterocycles. The maximum absolute atomic E-state index is 12.6. The van der Waals surface area contributed by atoms with Crippen LogP contribution >= 0.6 is 11.6 Å². The molecule has 0 radical (unpaired) electrons. The first-order chi connectivity index (χ1) is 13.0. The summed E-state index contributed by atoms with van der Waals surface area (Å²) in [6.45, 7) is 3.94. The van der Waals surface area contributed by atoms with Crippen molar-refractivity contribution >= 4 is 34.3 Å². The van der Waals surface area contributed by atoms with Crippen molar-refractivity contribution < 1.29 is 9.21 Å². The molecule has 1 heterocycles. The number of hydrogen-bond acceptors (Lipinski definition) is 3. The van der Waals surface area contributed by atoms with Crippen molar-refractivity contribution in [2.45, 2.75) is 13.8 Å². The Hall–Kier alpha value is -3.11. The summed E-state index contributed by atoms with van der Waals surface area (Å²) in [5.41, 5.74) is 5.51. The van der Waals surface area contributed by atoms with Crippen LogP contribution in [0.2, 0.25) is 5.02 Å². The third-order valence-electron chi connectivity index (χ3n) is 4.34. The van der Waals surface area contributed by atoms with Crippen molar-refractivity contribution in [1.82, 2.24) is 4.98 Å². The van der Waals surface area contributed by atoms with Gasteiger partial charge in [-0.2, -0.15) is 0 Å². The van der Waals surface area contributed by atoms with E-state index in [1.165, 1.54) is 0 Å². The molecule has 0 atom stereocenters. The largest absolute Gasteiger partial charge is 0.436 e. The highest BCUT2D eigenvalue weighted by Crippen LogP contribution is 2.28. The third kappa shape index (κ3) is 3.57. The van der Waals surface area contributed by atoms with E-state index < -0.39 is 0 Å². The van der Waals surface area contributed by atoms with Gasteiger partial charge in [0, 0.05) is 21.8 Å². The molecular formula is C22H17ClN2O2. The van der Waals surface area contributed by atoms with E-state index in [2.05, 4.69) is 10.3 Å². The highest BCUT2D eigenvalue weighted by atomic mass is 35.5. The molecule has 0 bridgehead atoms. The van der Waals surface area contributed by atoms with Gasteiger partial charge in [0.1, 0.15) is 5.52 Å². The Morgan fingerprint density at radius 2 is 1.89 bits per heavy atom. The van der Waals surface area contributed by atoms with Crippen LogP contribution in [0.3, 0.4) is 0 Å². The quantitative estimate of drug-likeness (QED) is 0.475. The second kappa shape index (κ2) is 6.89. The molecule has 0 fully saturated rings. The summed E-state index contributed by atoms with van der Waals surface area (Å²) in [5, 5.41) is 3.55. The Kier molecular flexibility index (Phi) is 4.42. The number of rotatable bonds is 3. The fraction of sp³-hybridized carbons (Fsp3) is 0.0909. The second-order valence-electron chi connectivity index (χ2n) is 6.48. The van der Waals surface area contributed by atoms with E-state index in [0.29, 0.717) is 33.3 Å². The zero-order valence-electron chi connectivity index (χ0n) is 14.9. The number of amides is 1. The Bertz CT molecular complexity index is 1160. The third-order valence-corrected chi connectivity index (χ3v) is 4.58. The molecule has 1 amide bonds. The standard InChI is InChI=1S/C22H17ClN2O2/c1-13-6-8-18(14(2)10-13)21(26)24-17-7-9-20-19(12-17)25-22(27-20)15-4-3-5-16(23)11-15/h3-12H,1-2H3,(H,24,26). The van der Waals surface area contributed by atoms with E-state index in [1.807, 2.05) is 44.2 Å². The lowest BCUT2D eigenvalue weighted by molar-refractivity contribution is 0.102. The van der Waals surface area contributed by atoms with E-state index in [4.69, 9.17) is 16.0 Å². The van der Waals surface area contributed by atoms with Gasteiger partial charge in [-0.1, -0.05) is 35.4 Å². The van der Waals surface area contributed by atoms with Gasteiger partial charge in [-0.05, 0) is 61.9 Å². The van der Waals surface area contributed by atoms with Crippen LogP contribution in [0, 0.1) is 13.8 Å². The van der Waals surface area contributed by atoms with Crippen LogP contribution in [0.5, 0.6) is 0 Å². The van der Waals surface area contributed by atoms with Crippen LogP contribution in [0.15, 0.2) is 65.1 Å². The molecule has 27 heavy (non-hydrogen) atoms. The Morgan fingerprint density at radius 1 is 1.04 bits per heavy atom. The number of hydrogen-bond donors (Lipinski definition) is 1. The molecule has 0 saturated carbocycles. The topological polar surface area (TPSA) is 55.1 Å². The van der Waals surface area contributed by atoms with Gasteiger partial charge in [0.2, 0.25) is 5.89 Å². The molecule has 134 valence electrons. The van der Waals surface area contributed by atoms with Crippen LogP contribution in [0.25, 0.3) is 22.6 Å². The Labute approximate surface area is 161 Å². The summed E-state index contributed by atoms with van der Waals surface area (Å²) in [7, 11) is 0. The normalized spacial score (nSPS) is 10.9. The van der Waals surface area contributed by atoms with E-state index in [-0.39, 0.29) is 5.91 Å². The van der Waals surface area contributed by atoms with Gasteiger partial charge in [0.25, 0.3) is 5.91 Å². The summed E-state index contributed by atoms with van der Waals surface area (Å²) < 4.78 is 5.80. The highest BCUT2D eigenvalue weighted by molar-refractivity contribution is 6.30. The van der Waals surface area contributed by atoms with E-state index in [1.54, 1.807) is 30.3 Å². The SMILES string of the molecule is Cc1ccc(C(=O)Nc2ccc3oc(-c4cccc(Cl)c4)nc3c2)c(C)c1. The number of carbonyl (C=O) groups excluding carboxylic acids is 1. The summed E-state index contributed by atoms with van der Waals surface area (Å²) >= 11 is 6.04. The summed E-state index contributed by atoms with van der Waals surface area (Å²) in [5.74, 6) is 0.343. The van der Waals surface area contributed by atoms with Gasteiger partial charge in [-0.25, -0.2) is 4.98 Å². The molecule has 1 N–H and O–H groups in total. The fourth-order valence-electron chi connectivity index (χ4n) is 3.02. The molecule has 4 nitrogen and oxygen atoms in total. The molecule has 5 heteroatoms. The highest BCUT2D eigenvalue weighted by Gasteiger charge is 2.12. The number of aromatic nitrogens is 1.